The Morgan fingerprint density at radius 1 is 1.20 bits per heavy atom. The monoisotopic (exact) mass is 329 g/mol. The zero-order valence-corrected chi connectivity index (χ0v) is 12.8. The van der Waals surface area contributed by atoms with E-state index in [0.717, 1.165) is 22.3 Å². The van der Waals surface area contributed by atoms with Crippen LogP contribution in [0.15, 0.2) is 53.3 Å². The minimum atomic E-state index is -0.0378. The third-order valence-electron chi connectivity index (χ3n) is 3.58. The van der Waals surface area contributed by atoms with Gasteiger partial charge in [0.05, 0.1) is 0 Å². The van der Waals surface area contributed by atoms with Crippen molar-refractivity contribution in [3.05, 3.63) is 64.7 Å². The lowest BCUT2D eigenvalue weighted by molar-refractivity contribution is 0.660. The number of halogens is 1. The Hall–Kier alpha value is -1.65. The summed E-state index contributed by atoms with van der Waals surface area (Å²) in [6, 6.07) is 12.6. The summed E-state index contributed by atoms with van der Waals surface area (Å²) in [5.41, 5.74) is 7.45. The van der Waals surface area contributed by atoms with Crippen molar-refractivity contribution in [1.82, 2.24) is 9.55 Å². The van der Waals surface area contributed by atoms with Gasteiger partial charge in [0.2, 0.25) is 0 Å². The first-order valence-electron chi connectivity index (χ1n) is 6.54. The summed E-state index contributed by atoms with van der Waals surface area (Å²) in [5, 5.41) is 2.42. The molecular formula is C16H16BrN3. The second kappa shape index (κ2) is 5.38. The van der Waals surface area contributed by atoms with Gasteiger partial charge in [0, 0.05) is 36.4 Å². The molecule has 1 unspecified atom stereocenters. The van der Waals surface area contributed by atoms with Crippen molar-refractivity contribution in [3.8, 4) is 0 Å². The summed E-state index contributed by atoms with van der Waals surface area (Å²) in [6.07, 6.45) is 4.49. The van der Waals surface area contributed by atoms with Crippen molar-refractivity contribution in [2.24, 2.45) is 12.8 Å². The highest BCUT2D eigenvalue weighted by Gasteiger charge is 2.10. The van der Waals surface area contributed by atoms with E-state index in [2.05, 4.69) is 57.3 Å². The number of imidazole rings is 1. The molecule has 0 aliphatic carbocycles. The fraction of sp³-hybridized carbons (Fsp3) is 0.188. The van der Waals surface area contributed by atoms with Gasteiger partial charge in [-0.1, -0.05) is 34.1 Å². The van der Waals surface area contributed by atoms with E-state index in [1.807, 2.05) is 17.8 Å². The zero-order valence-electron chi connectivity index (χ0n) is 11.3. The summed E-state index contributed by atoms with van der Waals surface area (Å²) in [5.74, 6) is 1.01. The van der Waals surface area contributed by atoms with Crippen LogP contribution in [0.1, 0.15) is 17.4 Å². The molecule has 0 spiro atoms. The highest BCUT2D eigenvalue weighted by Crippen LogP contribution is 2.24. The van der Waals surface area contributed by atoms with Crippen molar-refractivity contribution < 1.29 is 0 Å². The smallest absolute Gasteiger partial charge is 0.110 e. The number of rotatable bonds is 3. The van der Waals surface area contributed by atoms with Crippen LogP contribution in [-0.4, -0.2) is 9.55 Å². The highest BCUT2D eigenvalue weighted by molar-refractivity contribution is 9.10. The minimum Gasteiger partial charge on any atom is -0.338 e. The number of nitrogens with zero attached hydrogens (tertiary/aromatic N) is 2. The van der Waals surface area contributed by atoms with E-state index in [1.54, 1.807) is 6.20 Å². The molecule has 0 aliphatic heterocycles. The van der Waals surface area contributed by atoms with Gasteiger partial charge in [-0.25, -0.2) is 4.98 Å². The summed E-state index contributed by atoms with van der Waals surface area (Å²) in [4.78, 5) is 4.33. The lowest BCUT2D eigenvalue weighted by Gasteiger charge is -2.13. The molecule has 102 valence electrons. The van der Waals surface area contributed by atoms with Crippen LogP contribution in [0, 0.1) is 0 Å². The summed E-state index contributed by atoms with van der Waals surface area (Å²) < 4.78 is 3.10. The quantitative estimate of drug-likeness (QED) is 0.798. The SMILES string of the molecule is Cn1ccnc1CC(N)c1ccc2cc(Br)ccc2c1. The van der Waals surface area contributed by atoms with E-state index in [4.69, 9.17) is 5.73 Å². The Bertz CT molecular complexity index is 748. The molecule has 0 fully saturated rings. The van der Waals surface area contributed by atoms with E-state index >= 15 is 0 Å². The Balaban J connectivity index is 1.90. The minimum absolute atomic E-state index is 0.0378. The van der Waals surface area contributed by atoms with Crippen molar-refractivity contribution in [1.29, 1.82) is 0 Å². The summed E-state index contributed by atoms with van der Waals surface area (Å²) in [7, 11) is 1.99. The predicted molar refractivity (Wildman–Crippen MR) is 85.5 cm³/mol. The number of nitrogens with two attached hydrogens (primary N) is 1. The van der Waals surface area contributed by atoms with Crippen LogP contribution in [-0.2, 0) is 13.5 Å². The van der Waals surface area contributed by atoms with E-state index < -0.39 is 0 Å². The lowest BCUT2D eigenvalue weighted by atomic mass is 10.0. The molecule has 3 nitrogen and oxygen atoms in total. The van der Waals surface area contributed by atoms with E-state index in [9.17, 15) is 0 Å². The third kappa shape index (κ3) is 2.62. The van der Waals surface area contributed by atoms with Gasteiger partial charge in [0.25, 0.3) is 0 Å². The number of benzene rings is 2. The molecule has 0 aliphatic rings. The van der Waals surface area contributed by atoms with Crippen LogP contribution in [0.4, 0.5) is 0 Å². The largest absolute Gasteiger partial charge is 0.338 e. The van der Waals surface area contributed by atoms with Gasteiger partial charge in [-0.05, 0) is 34.5 Å². The number of fused-ring (bicyclic) bond motifs is 1. The fourth-order valence-corrected chi connectivity index (χ4v) is 2.75. The van der Waals surface area contributed by atoms with Gasteiger partial charge >= 0.3 is 0 Å². The van der Waals surface area contributed by atoms with Crippen molar-refractivity contribution in [2.45, 2.75) is 12.5 Å². The molecule has 3 rings (SSSR count). The first-order chi connectivity index (χ1) is 9.63. The zero-order chi connectivity index (χ0) is 14.1. The Morgan fingerprint density at radius 2 is 1.95 bits per heavy atom. The average Bonchev–Trinajstić information content (AvgIpc) is 2.83. The molecular weight excluding hydrogens is 314 g/mol. The molecule has 0 amide bonds. The molecule has 1 atom stereocenters. The Morgan fingerprint density at radius 3 is 2.70 bits per heavy atom. The van der Waals surface area contributed by atoms with Gasteiger partial charge in [-0.2, -0.15) is 0 Å². The summed E-state index contributed by atoms with van der Waals surface area (Å²) >= 11 is 3.49. The lowest BCUT2D eigenvalue weighted by Crippen LogP contribution is -2.15. The maximum absolute atomic E-state index is 6.31. The fourth-order valence-electron chi connectivity index (χ4n) is 2.37. The second-order valence-electron chi connectivity index (χ2n) is 5.02. The van der Waals surface area contributed by atoms with Crippen LogP contribution >= 0.6 is 15.9 Å². The molecule has 2 aromatic carbocycles. The highest BCUT2D eigenvalue weighted by atomic mass is 79.9. The normalized spacial score (nSPS) is 12.8. The van der Waals surface area contributed by atoms with Crippen molar-refractivity contribution >= 4 is 26.7 Å². The molecule has 0 saturated heterocycles. The van der Waals surface area contributed by atoms with Crippen molar-refractivity contribution in [2.75, 3.05) is 0 Å². The van der Waals surface area contributed by atoms with Gasteiger partial charge in [0.1, 0.15) is 5.82 Å². The molecule has 3 aromatic rings. The number of aryl methyl sites for hydroxylation is 1. The standard InChI is InChI=1S/C16H16BrN3/c1-20-7-6-19-16(20)10-15(18)13-3-2-12-9-14(17)5-4-11(12)8-13/h2-9,15H,10,18H2,1H3. The van der Waals surface area contributed by atoms with Crippen LogP contribution in [0.3, 0.4) is 0 Å². The van der Waals surface area contributed by atoms with Gasteiger partial charge in [-0.15, -0.1) is 0 Å². The van der Waals surface area contributed by atoms with Gasteiger partial charge in [-0.3, -0.25) is 0 Å². The van der Waals surface area contributed by atoms with E-state index in [1.165, 1.54) is 10.8 Å². The van der Waals surface area contributed by atoms with Crippen molar-refractivity contribution in [3.63, 3.8) is 0 Å². The van der Waals surface area contributed by atoms with E-state index in [-0.39, 0.29) is 6.04 Å². The average molecular weight is 330 g/mol. The van der Waals surface area contributed by atoms with Crippen LogP contribution in [0.2, 0.25) is 0 Å². The molecule has 0 saturated carbocycles. The summed E-state index contributed by atoms with van der Waals surface area (Å²) in [6.45, 7) is 0. The molecule has 1 heterocycles. The van der Waals surface area contributed by atoms with Crippen LogP contribution in [0.5, 0.6) is 0 Å². The van der Waals surface area contributed by atoms with Gasteiger partial charge in [0.15, 0.2) is 0 Å². The molecule has 20 heavy (non-hydrogen) atoms. The first kappa shape index (κ1) is 13.3. The van der Waals surface area contributed by atoms with Crippen LogP contribution < -0.4 is 5.73 Å². The molecule has 4 heteroatoms. The maximum atomic E-state index is 6.31. The molecule has 2 N–H and O–H groups in total. The van der Waals surface area contributed by atoms with Crippen LogP contribution in [0.25, 0.3) is 10.8 Å². The molecule has 0 radical (unpaired) electrons. The third-order valence-corrected chi connectivity index (χ3v) is 4.07. The first-order valence-corrected chi connectivity index (χ1v) is 7.34. The molecule has 1 aromatic heterocycles. The maximum Gasteiger partial charge on any atom is 0.110 e. The predicted octanol–water partition coefficient (Wildman–Crippen LogP) is 3.58. The number of hydrogen-bond donors (Lipinski definition) is 1. The van der Waals surface area contributed by atoms with Gasteiger partial charge < -0.3 is 10.3 Å². The second-order valence-corrected chi connectivity index (χ2v) is 5.93. The number of aromatic nitrogens is 2. The Labute approximate surface area is 126 Å². The number of hydrogen-bond acceptors (Lipinski definition) is 2. The van der Waals surface area contributed by atoms with E-state index in [0.29, 0.717) is 0 Å². The topological polar surface area (TPSA) is 43.8 Å². The Kier molecular flexibility index (Phi) is 3.59. The molecule has 0 bridgehead atoms.